The van der Waals surface area contributed by atoms with Gasteiger partial charge in [-0.05, 0) is 17.7 Å². The number of ether oxygens (including phenoxy) is 1. The van der Waals surface area contributed by atoms with Gasteiger partial charge in [0.2, 0.25) is 0 Å². The van der Waals surface area contributed by atoms with E-state index in [2.05, 4.69) is 4.18 Å². The Kier molecular flexibility index (Phi) is 4.03. The summed E-state index contributed by atoms with van der Waals surface area (Å²) in [5.74, 6) is 0.618. The lowest BCUT2D eigenvalue weighted by Crippen LogP contribution is -2.11. The zero-order valence-electron chi connectivity index (χ0n) is 8.91. The van der Waals surface area contributed by atoms with Gasteiger partial charge in [-0.2, -0.15) is 8.42 Å². The van der Waals surface area contributed by atoms with Crippen LogP contribution in [0.15, 0.2) is 24.3 Å². The second-order valence-corrected chi connectivity index (χ2v) is 4.73. The quantitative estimate of drug-likeness (QED) is 0.569. The molecule has 1 aromatic rings. The minimum Gasteiger partial charge on any atom is -0.497 e. The first-order valence-corrected chi connectivity index (χ1v) is 6.25. The van der Waals surface area contributed by atoms with Gasteiger partial charge in [-0.15, -0.1) is 0 Å². The van der Waals surface area contributed by atoms with Crippen LogP contribution >= 0.6 is 0 Å². The Morgan fingerprint density at radius 2 is 1.81 bits per heavy atom. The summed E-state index contributed by atoms with van der Waals surface area (Å²) in [6, 6.07) is 6.39. The molecular formula is C10H12O5S. The first-order valence-electron chi connectivity index (χ1n) is 4.44. The van der Waals surface area contributed by atoms with Crippen molar-refractivity contribution in [2.75, 3.05) is 13.4 Å². The molecule has 6 heteroatoms. The summed E-state index contributed by atoms with van der Waals surface area (Å²) < 4.78 is 31.3. The van der Waals surface area contributed by atoms with Crippen LogP contribution in [0.25, 0.3) is 0 Å². The van der Waals surface area contributed by atoms with Gasteiger partial charge >= 0.3 is 0 Å². The summed E-state index contributed by atoms with van der Waals surface area (Å²) in [6.07, 6.45) is 0.219. The van der Waals surface area contributed by atoms with Crippen LogP contribution in [-0.2, 0) is 19.1 Å². The van der Waals surface area contributed by atoms with Gasteiger partial charge in [0.05, 0.1) is 13.4 Å². The molecule has 88 valence electrons. The van der Waals surface area contributed by atoms with Crippen LogP contribution in [0.5, 0.6) is 5.75 Å². The Labute approximate surface area is 94.1 Å². The molecule has 0 saturated carbocycles. The summed E-state index contributed by atoms with van der Waals surface area (Å²) in [5, 5.41) is 0. The van der Waals surface area contributed by atoms with E-state index in [1.165, 1.54) is 7.11 Å². The highest BCUT2D eigenvalue weighted by molar-refractivity contribution is 7.86. The molecule has 0 radical (unpaired) electrons. The topological polar surface area (TPSA) is 69.7 Å². The van der Waals surface area contributed by atoms with Crippen molar-refractivity contribution < 1.29 is 22.1 Å². The van der Waals surface area contributed by atoms with Gasteiger partial charge in [0.1, 0.15) is 5.75 Å². The van der Waals surface area contributed by atoms with Crippen LogP contribution in [0.2, 0.25) is 0 Å². The van der Waals surface area contributed by atoms with Crippen molar-refractivity contribution in [3.8, 4) is 5.75 Å². The van der Waals surface area contributed by atoms with Gasteiger partial charge in [0, 0.05) is 0 Å². The van der Waals surface area contributed by atoms with E-state index in [0.717, 1.165) is 6.26 Å². The number of hydrogen-bond donors (Lipinski definition) is 0. The highest BCUT2D eigenvalue weighted by Gasteiger charge is 2.16. The highest BCUT2D eigenvalue weighted by Crippen LogP contribution is 2.20. The van der Waals surface area contributed by atoms with Crippen LogP contribution in [0, 0.1) is 0 Å². The molecule has 0 aliphatic heterocycles. The lowest BCUT2D eigenvalue weighted by atomic mass is 10.1. The number of aldehydes is 1. The fourth-order valence-electron chi connectivity index (χ4n) is 1.14. The zero-order valence-corrected chi connectivity index (χ0v) is 9.73. The summed E-state index contributed by atoms with van der Waals surface area (Å²) in [4.78, 5) is 10.7. The van der Waals surface area contributed by atoms with E-state index >= 15 is 0 Å². The third-order valence-corrected chi connectivity index (χ3v) is 2.40. The number of carbonyl (C=O) groups is 1. The first kappa shape index (κ1) is 12.7. The smallest absolute Gasteiger partial charge is 0.265 e. The predicted octanol–water partition coefficient (Wildman–Crippen LogP) is 0.911. The van der Waals surface area contributed by atoms with Crippen LogP contribution in [0.4, 0.5) is 0 Å². The second kappa shape index (κ2) is 5.09. The van der Waals surface area contributed by atoms with Crippen LogP contribution in [0.1, 0.15) is 11.7 Å². The number of benzene rings is 1. The van der Waals surface area contributed by atoms with Crippen LogP contribution in [0.3, 0.4) is 0 Å². The maximum Gasteiger partial charge on any atom is 0.265 e. The van der Waals surface area contributed by atoms with Crippen LogP contribution < -0.4 is 4.74 Å². The van der Waals surface area contributed by atoms with Crippen molar-refractivity contribution in [3.63, 3.8) is 0 Å². The number of hydrogen-bond acceptors (Lipinski definition) is 5. The molecule has 1 rings (SSSR count). The predicted molar refractivity (Wildman–Crippen MR) is 57.7 cm³/mol. The van der Waals surface area contributed by atoms with Gasteiger partial charge in [-0.1, -0.05) is 12.1 Å². The molecule has 0 aliphatic rings. The summed E-state index contributed by atoms with van der Waals surface area (Å²) in [7, 11) is -2.15. The van der Waals surface area contributed by atoms with E-state index in [1.807, 2.05) is 0 Å². The third kappa shape index (κ3) is 3.63. The molecule has 16 heavy (non-hydrogen) atoms. The molecule has 0 heterocycles. The van der Waals surface area contributed by atoms with E-state index in [0.29, 0.717) is 17.6 Å². The lowest BCUT2D eigenvalue weighted by Gasteiger charge is -2.10. The fraction of sp³-hybridized carbons (Fsp3) is 0.300. The van der Waals surface area contributed by atoms with Crippen molar-refractivity contribution in [2.45, 2.75) is 6.10 Å². The number of methoxy groups -OCH3 is 1. The summed E-state index contributed by atoms with van der Waals surface area (Å²) in [5.41, 5.74) is 0.459. The minimum absolute atomic E-state index is 0.433. The largest absolute Gasteiger partial charge is 0.497 e. The molecule has 5 nitrogen and oxygen atoms in total. The molecule has 0 N–H and O–H groups in total. The van der Waals surface area contributed by atoms with Crippen molar-refractivity contribution >= 4 is 16.4 Å². The van der Waals surface area contributed by atoms with E-state index < -0.39 is 16.2 Å². The van der Waals surface area contributed by atoms with Crippen molar-refractivity contribution in [1.82, 2.24) is 0 Å². The van der Waals surface area contributed by atoms with Crippen molar-refractivity contribution in [3.05, 3.63) is 29.8 Å². The van der Waals surface area contributed by atoms with E-state index in [4.69, 9.17) is 4.74 Å². The Hall–Kier alpha value is -1.40. The Morgan fingerprint density at radius 1 is 1.25 bits per heavy atom. The third-order valence-electron chi connectivity index (χ3n) is 1.85. The van der Waals surface area contributed by atoms with E-state index in [9.17, 15) is 13.2 Å². The summed E-state index contributed by atoms with van der Waals surface area (Å²) >= 11 is 0. The maximum atomic E-state index is 10.9. The Morgan fingerprint density at radius 3 is 2.19 bits per heavy atom. The van der Waals surface area contributed by atoms with E-state index in [1.54, 1.807) is 24.3 Å². The molecule has 0 fully saturated rings. The fourth-order valence-corrected chi connectivity index (χ4v) is 1.67. The van der Waals surface area contributed by atoms with Crippen molar-refractivity contribution in [2.24, 2.45) is 0 Å². The Bertz CT molecular complexity index is 449. The zero-order chi connectivity index (χ0) is 12.2. The van der Waals surface area contributed by atoms with Gasteiger partial charge in [-0.25, -0.2) is 0 Å². The van der Waals surface area contributed by atoms with Gasteiger partial charge in [-0.3, -0.25) is 4.18 Å². The molecule has 0 aromatic heterocycles. The molecule has 0 amide bonds. The molecule has 0 bridgehead atoms. The first-order chi connectivity index (χ1) is 7.46. The van der Waals surface area contributed by atoms with Gasteiger partial charge in [0.15, 0.2) is 12.4 Å². The average Bonchev–Trinajstić information content (AvgIpc) is 2.25. The monoisotopic (exact) mass is 244 g/mol. The molecular weight excluding hydrogens is 232 g/mol. The number of rotatable bonds is 5. The van der Waals surface area contributed by atoms with Crippen molar-refractivity contribution in [1.29, 1.82) is 0 Å². The molecule has 1 atom stereocenters. The molecule has 0 aliphatic carbocycles. The second-order valence-electron chi connectivity index (χ2n) is 3.13. The standard InChI is InChI=1S/C10H12O5S/c1-14-9-5-3-8(4-6-9)10(7-11)15-16(2,12)13/h3-7,10H,1-2H3. The Balaban J connectivity index is 2.91. The lowest BCUT2D eigenvalue weighted by molar-refractivity contribution is -0.113. The molecule has 0 spiro atoms. The SMILES string of the molecule is COc1ccc(C(C=O)OS(C)(=O)=O)cc1. The highest BCUT2D eigenvalue weighted by atomic mass is 32.2. The molecule has 1 aromatic carbocycles. The molecule has 1 unspecified atom stereocenters. The van der Waals surface area contributed by atoms with Crippen LogP contribution in [-0.4, -0.2) is 28.1 Å². The van der Waals surface area contributed by atoms with Gasteiger partial charge < -0.3 is 9.53 Å². The minimum atomic E-state index is -3.66. The van der Waals surface area contributed by atoms with Gasteiger partial charge in [0.25, 0.3) is 10.1 Å². The normalized spacial score (nSPS) is 13.1. The maximum absolute atomic E-state index is 10.9. The average molecular weight is 244 g/mol. The summed E-state index contributed by atoms with van der Waals surface area (Å²) in [6.45, 7) is 0. The van der Waals surface area contributed by atoms with E-state index in [-0.39, 0.29) is 0 Å². The molecule has 0 saturated heterocycles. The number of carbonyl (C=O) groups excluding carboxylic acids is 1.